The zero-order valence-corrected chi connectivity index (χ0v) is 15.3. The molecule has 0 heterocycles. The van der Waals surface area contributed by atoms with Gasteiger partial charge in [-0.2, -0.15) is 0 Å². The predicted octanol–water partition coefficient (Wildman–Crippen LogP) is 8.51. The van der Waals surface area contributed by atoms with Gasteiger partial charge in [0, 0.05) is 0 Å². The van der Waals surface area contributed by atoms with Crippen LogP contribution in [-0.2, 0) is 0 Å². The number of hydrogen-bond acceptors (Lipinski definition) is 0. The van der Waals surface area contributed by atoms with Crippen LogP contribution in [0.5, 0.6) is 0 Å². The normalized spacial score (nSPS) is 11.5. The minimum atomic E-state index is 0.673. The molecule has 0 N–H and O–H groups in total. The Morgan fingerprint density at radius 2 is 0.818 bits per heavy atom. The van der Waals surface area contributed by atoms with Crippen LogP contribution in [0, 0.1) is 0 Å². The summed E-state index contributed by atoms with van der Waals surface area (Å²) in [4.78, 5) is 0. The first kappa shape index (κ1) is 21.7. The van der Waals surface area contributed by atoms with Crippen LogP contribution in [0.4, 0.5) is 4.39 Å². The average molecular weight is 313 g/mol. The lowest BCUT2D eigenvalue weighted by Crippen LogP contribution is -1.83. The lowest BCUT2D eigenvalue weighted by Gasteiger charge is -2.03. The Morgan fingerprint density at radius 3 is 1.14 bits per heavy atom. The van der Waals surface area contributed by atoms with Crippen molar-refractivity contribution in [3.05, 3.63) is 12.4 Å². The second-order valence-corrected chi connectivity index (χ2v) is 6.81. The maximum absolute atomic E-state index is 11.7. The molecule has 0 rings (SSSR count). The van der Waals surface area contributed by atoms with Gasteiger partial charge >= 0.3 is 0 Å². The molecule has 0 aliphatic rings. The van der Waals surface area contributed by atoms with E-state index < -0.39 is 0 Å². The van der Waals surface area contributed by atoms with Gasteiger partial charge in [0.15, 0.2) is 0 Å². The monoisotopic (exact) mass is 312 g/mol. The number of allylic oxidation sites excluding steroid dienone is 1. The smallest absolute Gasteiger partial charge is 0.0827 e. The minimum absolute atomic E-state index is 0.673. The van der Waals surface area contributed by atoms with Crippen LogP contribution in [-0.4, -0.2) is 0 Å². The fraction of sp³-hybridized carbons (Fsp3) is 0.905. The van der Waals surface area contributed by atoms with Gasteiger partial charge in [0.1, 0.15) is 0 Å². The van der Waals surface area contributed by atoms with E-state index in [1.165, 1.54) is 103 Å². The summed E-state index contributed by atoms with van der Waals surface area (Å²) in [5.41, 5.74) is 0. The lowest BCUT2D eigenvalue weighted by atomic mass is 10.0. The van der Waals surface area contributed by atoms with Gasteiger partial charge in [-0.25, -0.2) is 4.39 Å². The van der Waals surface area contributed by atoms with Crippen molar-refractivity contribution in [2.75, 3.05) is 0 Å². The maximum Gasteiger partial charge on any atom is 0.0827 e. The molecule has 0 saturated carbocycles. The van der Waals surface area contributed by atoms with E-state index in [1.54, 1.807) is 6.08 Å². The molecular weight excluding hydrogens is 271 g/mol. The third kappa shape index (κ3) is 19.7. The molecule has 0 aromatic carbocycles. The van der Waals surface area contributed by atoms with E-state index >= 15 is 0 Å². The molecule has 0 unspecified atom stereocenters. The third-order valence-electron chi connectivity index (χ3n) is 4.56. The summed E-state index contributed by atoms with van der Waals surface area (Å²) in [5, 5.41) is 0. The van der Waals surface area contributed by atoms with Crippen LogP contribution in [0.15, 0.2) is 12.4 Å². The lowest BCUT2D eigenvalue weighted by molar-refractivity contribution is 0.527. The van der Waals surface area contributed by atoms with Gasteiger partial charge in [0.2, 0.25) is 0 Å². The predicted molar refractivity (Wildman–Crippen MR) is 99.0 cm³/mol. The van der Waals surface area contributed by atoms with E-state index in [0.29, 0.717) is 6.33 Å². The Labute approximate surface area is 140 Å². The number of unbranched alkanes of at least 4 members (excludes halogenated alkanes) is 17. The quantitative estimate of drug-likeness (QED) is 0.222. The van der Waals surface area contributed by atoms with E-state index in [4.69, 9.17) is 0 Å². The summed E-state index contributed by atoms with van der Waals surface area (Å²) in [7, 11) is 0. The first-order chi connectivity index (χ1) is 10.9. The number of halogens is 1. The van der Waals surface area contributed by atoms with Crippen LogP contribution in [0.25, 0.3) is 0 Å². The minimum Gasteiger partial charge on any atom is -0.216 e. The molecule has 1 heteroatoms. The molecule has 0 saturated heterocycles. The van der Waals surface area contributed by atoms with E-state index in [-0.39, 0.29) is 0 Å². The zero-order chi connectivity index (χ0) is 16.1. The van der Waals surface area contributed by atoms with E-state index in [2.05, 4.69) is 6.92 Å². The molecule has 0 aliphatic carbocycles. The fourth-order valence-electron chi connectivity index (χ4n) is 3.05. The summed E-state index contributed by atoms with van der Waals surface area (Å²) in [6, 6.07) is 0. The molecule has 0 atom stereocenters. The van der Waals surface area contributed by atoms with Crippen LogP contribution >= 0.6 is 0 Å². The largest absolute Gasteiger partial charge is 0.216 e. The maximum atomic E-state index is 11.7. The molecule has 0 nitrogen and oxygen atoms in total. The highest BCUT2D eigenvalue weighted by Gasteiger charge is 1.94. The van der Waals surface area contributed by atoms with Gasteiger partial charge in [-0.3, -0.25) is 0 Å². The van der Waals surface area contributed by atoms with Gasteiger partial charge in [0.25, 0.3) is 0 Å². The Hall–Kier alpha value is -0.330. The van der Waals surface area contributed by atoms with Crippen LogP contribution in [0.3, 0.4) is 0 Å². The highest BCUT2D eigenvalue weighted by atomic mass is 19.1. The summed E-state index contributed by atoms with van der Waals surface area (Å²) < 4.78 is 11.7. The second kappa shape index (κ2) is 20.7. The van der Waals surface area contributed by atoms with Crippen molar-refractivity contribution in [2.45, 2.75) is 122 Å². The van der Waals surface area contributed by atoms with Crippen molar-refractivity contribution in [1.29, 1.82) is 0 Å². The number of hydrogen-bond donors (Lipinski definition) is 0. The van der Waals surface area contributed by atoms with Crippen molar-refractivity contribution in [3.8, 4) is 0 Å². The third-order valence-corrected chi connectivity index (χ3v) is 4.56. The molecule has 0 aromatic rings. The summed E-state index contributed by atoms with van der Waals surface area (Å²) >= 11 is 0. The van der Waals surface area contributed by atoms with Gasteiger partial charge in [-0.05, 0) is 12.8 Å². The summed E-state index contributed by atoms with van der Waals surface area (Å²) in [5.74, 6) is 0. The van der Waals surface area contributed by atoms with Crippen molar-refractivity contribution in [1.82, 2.24) is 0 Å². The zero-order valence-electron chi connectivity index (χ0n) is 15.3. The van der Waals surface area contributed by atoms with E-state index in [0.717, 1.165) is 12.8 Å². The van der Waals surface area contributed by atoms with Crippen molar-refractivity contribution in [3.63, 3.8) is 0 Å². The molecule has 0 spiro atoms. The standard InChI is InChI=1S/C21H41F/c1-2-3-4-5-6-7-8-9-10-11-12-13-14-15-16-17-18-19-20-21-22/h20-21H,2-19H2,1H3. The van der Waals surface area contributed by atoms with Gasteiger partial charge < -0.3 is 0 Å². The van der Waals surface area contributed by atoms with E-state index in [1.807, 2.05) is 0 Å². The van der Waals surface area contributed by atoms with Gasteiger partial charge in [-0.15, -0.1) is 0 Å². The van der Waals surface area contributed by atoms with Gasteiger partial charge in [-0.1, -0.05) is 116 Å². The first-order valence-corrected chi connectivity index (χ1v) is 10.2. The Morgan fingerprint density at radius 1 is 0.500 bits per heavy atom. The molecule has 0 aromatic heterocycles. The SMILES string of the molecule is CCCCCCCCCCCCCCCCCCCC=CF. The van der Waals surface area contributed by atoms with Crippen molar-refractivity contribution < 1.29 is 4.39 Å². The van der Waals surface area contributed by atoms with Crippen LogP contribution in [0.2, 0.25) is 0 Å². The first-order valence-electron chi connectivity index (χ1n) is 10.2. The van der Waals surface area contributed by atoms with E-state index in [9.17, 15) is 4.39 Å². The Kier molecular flexibility index (Phi) is 20.4. The average Bonchev–Trinajstić information content (AvgIpc) is 2.54. The molecule has 22 heavy (non-hydrogen) atoms. The van der Waals surface area contributed by atoms with Crippen molar-refractivity contribution in [2.24, 2.45) is 0 Å². The molecular formula is C21H41F. The van der Waals surface area contributed by atoms with Gasteiger partial charge in [0.05, 0.1) is 6.33 Å². The van der Waals surface area contributed by atoms with Crippen molar-refractivity contribution >= 4 is 0 Å². The van der Waals surface area contributed by atoms with Crippen LogP contribution in [0.1, 0.15) is 122 Å². The summed E-state index contributed by atoms with van der Waals surface area (Å²) in [6.45, 7) is 2.28. The molecule has 0 bridgehead atoms. The topological polar surface area (TPSA) is 0 Å². The highest BCUT2D eigenvalue weighted by Crippen LogP contribution is 2.14. The molecule has 0 aliphatic heterocycles. The molecule has 0 amide bonds. The Balaban J connectivity index is 2.94. The molecule has 0 radical (unpaired) electrons. The number of rotatable bonds is 18. The molecule has 132 valence electrons. The molecule has 0 fully saturated rings. The second-order valence-electron chi connectivity index (χ2n) is 6.81. The summed E-state index contributed by atoms with van der Waals surface area (Å²) in [6.07, 6.45) is 27.0. The van der Waals surface area contributed by atoms with Crippen LogP contribution < -0.4 is 0 Å². The fourth-order valence-corrected chi connectivity index (χ4v) is 3.05. The highest BCUT2D eigenvalue weighted by molar-refractivity contribution is 4.71. The Bertz CT molecular complexity index is 210.